The fourth-order valence-corrected chi connectivity index (χ4v) is 4.23. The molecule has 2 N–H and O–H groups in total. The molecule has 3 aromatic heterocycles. The lowest BCUT2D eigenvalue weighted by Crippen LogP contribution is -2.29. The molecule has 0 amide bonds. The Morgan fingerprint density at radius 3 is 2.77 bits per heavy atom. The maximum atomic E-state index is 11.4. The number of carbonyl (C=O) groups is 1. The van der Waals surface area contributed by atoms with Crippen LogP contribution in [0.25, 0.3) is 11.4 Å². The molecule has 5 rings (SSSR count). The minimum Gasteiger partial charge on any atom is -0.487 e. The number of nitrogens with one attached hydrogen (secondary N) is 1. The summed E-state index contributed by atoms with van der Waals surface area (Å²) in [4.78, 5) is 29.2. The van der Waals surface area contributed by atoms with E-state index in [2.05, 4.69) is 30.4 Å². The van der Waals surface area contributed by atoms with Crippen LogP contribution in [0.3, 0.4) is 0 Å². The first-order valence-corrected chi connectivity index (χ1v) is 11.9. The molecular weight excluding hydrogens is 450 g/mol. The lowest BCUT2D eigenvalue weighted by atomic mass is 9.87. The van der Waals surface area contributed by atoms with E-state index in [0.717, 1.165) is 36.9 Å². The predicted molar refractivity (Wildman–Crippen MR) is 126 cm³/mol. The summed E-state index contributed by atoms with van der Waals surface area (Å²) in [7, 11) is 1.86. The summed E-state index contributed by atoms with van der Waals surface area (Å²) >= 11 is 0. The monoisotopic (exact) mass is 479 g/mol. The van der Waals surface area contributed by atoms with Crippen molar-refractivity contribution < 1.29 is 19.4 Å². The molecule has 11 nitrogen and oxygen atoms in total. The molecule has 0 radical (unpaired) electrons. The lowest BCUT2D eigenvalue weighted by molar-refractivity contribution is -0.143. The van der Waals surface area contributed by atoms with Crippen LogP contribution in [-0.2, 0) is 18.4 Å². The number of ether oxygens (including phenoxy) is 2. The summed E-state index contributed by atoms with van der Waals surface area (Å²) in [5, 5.41) is 16.9. The predicted octanol–water partition coefficient (Wildman–Crippen LogP) is 3.15. The van der Waals surface area contributed by atoms with Gasteiger partial charge in [-0.1, -0.05) is 0 Å². The normalized spacial score (nSPS) is 19.8. The number of aliphatic carboxylic acids is 1. The van der Waals surface area contributed by atoms with E-state index in [9.17, 15) is 9.90 Å². The highest BCUT2D eigenvalue weighted by molar-refractivity contribution is 5.70. The van der Waals surface area contributed by atoms with E-state index in [1.165, 1.54) is 0 Å². The van der Waals surface area contributed by atoms with Crippen molar-refractivity contribution in [2.24, 2.45) is 13.0 Å². The van der Waals surface area contributed by atoms with Gasteiger partial charge < -0.3 is 19.9 Å². The van der Waals surface area contributed by atoms with E-state index in [1.807, 2.05) is 14.0 Å². The lowest BCUT2D eigenvalue weighted by Gasteiger charge is -2.27. The van der Waals surface area contributed by atoms with Crippen molar-refractivity contribution in [3.8, 4) is 23.0 Å². The Hall–Kier alpha value is -3.76. The number of carboxylic acids is 1. The molecule has 35 heavy (non-hydrogen) atoms. The fraction of sp³-hybridized carbons (Fsp3) is 0.500. The number of rotatable bonds is 9. The van der Waals surface area contributed by atoms with Crippen molar-refractivity contribution in [3.63, 3.8) is 0 Å². The summed E-state index contributed by atoms with van der Waals surface area (Å²) < 4.78 is 13.6. The Bertz CT molecular complexity index is 1210. The van der Waals surface area contributed by atoms with Crippen LogP contribution in [0.1, 0.15) is 49.9 Å². The first kappa shape index (κ1) is 23.0. The quantitative estimate of drug-likeness (QED) is 0.471. The first-order chi connectivity index (χ1) is 17.0. The molecule has 3 aromatic rings. The van der Waals surface area contributed by atoms with Crippen molar-refractivity contribution >= 4 is 11.9 Å². The fourth-order valence-electron chi connectivity index (χ4n) is 4.23. The molecule has 2 aliphatic rings. The van der Waals surface area contributed by atoms with Gasteiger partial charge in [0, 0.05) is 19.3 Å². The van der Waals surface area contributed by atoms with Crippen molar-refractivity contribution in [2.75, 3.05) is 5.32 Å². The van der Waals surface area contributed by atoms with Gasteiger partial charge in [-0.25, -0.2) is 15.0 Å². The molecule has 2 saturated carbocycles. The van der Waals surface area contributed by atoms with Crippen LogP contribution in [0.2, 0.25) is 0 Å². The maximum absolute atomic E-state index is 11.4. The summed E-state index contributed by atoms with van der Waals surface area (Å²) in [6, 6.07) is 1.76. The Labute approximate surface area is 202 Å². The molecule has 3 heterocycles. The summed E-state index contributed by atoms with van der Waals surface area (Å²) in [6.07, 6.45) is 10.2. The first-order valence-electron chi connectivity index (χ1n) is 11.9. The van der Waals surface area contributed by atoms with Crippen LogP contribution in [0, 0.1) is 12.8 Å². The van der Waals surface area contributed by atoms with Gasteiger partial charge in [-0.2, -0.15) is 10.1 Å². The van der Waals surface area contributed by atoms with Crippen LogP contribution in [0.5, 0.6) is 11.6 Å². The highest BCUT2D eigenvalue weighted by Crippen LogP contribution is 2.30. The van der Waals surface area contributed by atoms with Gasteiger partial charge in [0.25, 0.3) is 0 Å². The molecule has 0 aromatic carbocycles. The third kappa shape index (κ3) is 5.50. The molecule has 0 bridgehead atoms. The van der Waals surface area contributed by atoms with Crippen LogP contribution in [0.15, 0.2) is 24.7 Å². The van der Waals surface area contributed by atoms with Crippen LogP contribution < -0.4 is 14.8 Å². The second kappa shape index (κ2) is 9.85. The van der Waals surface area contributed by atoms with Gasteiger partial charge in [-0.05, 0) is 45.4 Å². The minimum atomic E-state index is -0.757. The number of aromatic nitrogens is 6. The zero-order valence-electron chi connectivity index (χ0n) is 19.8. The van der Waals surface area contributed by atoms with E-state index in [4.69, 9.17) is 9.47 Å². The largest absolute Gasteiger partial charge is 0.487 e. The van der Waals surface area contributed by atoms with E-state index >= 15 is 0 Å². The van der Waals surface area contributed by atoms with Gasteiger partial charge in [0.05, 0.1) is 47.9 Å². The molecule has 0 saturated heterocycles. The third-order valence-electron chi connectivity index (χ3n) is 6.36. The van der Waals surface area contributed by atoms with Gasteiger partial charge >= 0.3 is 5.97 Å². The number of aryl methyl sites for hydroxylation is 2. The molecule has 2 fully saturated rings. The Morgan fingerprint density at radius 1 is 1.14 bits per heavy atom. The van der Waals surface area contributed by atoms with Gasteiger partial charge in [0.2, 0.25) is 11.8 Å². The minimum absolute atomic E-state index is 0.143. The van der Waals surface area contributed by atoms with Crippen LogP contribution in [0.4, 0.5) is 5.95 Å². The zero-order valence-corrected chi connectivity index (χ0v) is 19.8. The number of nitrogens with zero attached hydrogens (tertiary/aromatic N) is 6. The van der Waals surface area contributed by atoms with Crippen molar-refractivity contribution in [1.82, 2.24) is 29.7 Å². The van der Waals surface area contributed by atoms with E-state index in [0.29, 0.717) is 48.5 Å². The highest BCUT2D eigenvalue weighted by atomic mass is 16.5. The Balaban J connectivity index is 1.27. The van der Waals surface area contributed by atoms with Gasteiger partial charge in [-0.15, -0.1) is 0 Å². The van der Waals surface area contributed by atoms with Crippen LogP contribution in [-0.4, -0.2) is 53.0 Å². The van der Waals surface area contributed by atoms with Crippen molar-refractivity contribution in [2.45, 2.75) is 64.2 Å². The Kier molecular flexibility index (Phi) is 6.47. The number of hydrogen-bond donors (Lipinski definition) is 2. The van der Waals surface area contributed by atoms with Crippen molar-refractivity contribution in [1.29, 1.82) is 0 Å². The van der Waals surface area contributed by atoms with Crippen LogP contribution >= 0.6 is 0 Å². The maximum Gasteiger partial charge on any atom is 0.306 e. The standard InChI is InChI=1S/C24H29N7O4/c1-14-20(34-17-5-3-4-15(10-17)23(32)33)13-26-22(29-14)18-11-28-31(2)19(18)12-27-24-25-9-8-21(30-24)35-16-6-7-16/h8-9,11,13,15-17H,3-7,10,12H2,1-2H3,(H,32,33)(H,25,27,30)/t15-,17-/m0/s1. The topological polar surface area (TPSA) is 137 Å². The number of anilines is 1. The van der Waals surface area contributed by atoms with E-state index in [1.54, 1.807) is 29.3 Å². The molecule has 0 spiro atoms. The summed E-state index contributed by atoms with van der Waals surface area (Å²) in [5.74, 6) is 1.05. The summed E-state index contributed by atoms with van der Waals surface area (Å²) in [5.41, 5.74) is 2.37. The average molecular weight is 480 g/mol. The third-order valence-corrected chi connectivity index (χ3v) is 6.36. The molecule has 11 heteroatoms. The van der Waals surface area contributed by atoms with E-state index < -0.39 is 5.97 Å². The number of carboxylic acid groups (broad SMARTS) is 1. The smallest absolute Gasteiger partial charge is 0.306 e. The SMILES string of the molecule is Cc1nc(-c2cnn(C)c2CNc2nccc(OC3CC3)n2)ncc1O[C@H]1CCC[C@H](C(=O)O)C1. The molecule has 0 unspecified atom stereocenters. The average Bonchev–Trinajstić information content (AvgIpc) is 3.59. The van der Waals surface area contributed by atoms with Crippen molar-refractivity contribution in [3.05, 3.63) is 36.0 Å². The summed E-state index contributed by atoms with van der Waals surface area (Å²) in [6.45, 7) is 2.30. The van der Waals surface area contributed by atoms with Gasteiger partial charge in [-0.3, -0.25) is 9.48 Å². The number of hydrogen-bond acceptors (Lipinski definition) is 9. The molecular formula is C24H29N7O4. The second-order valence-electron chi connectivity index (χ2n) is 9.10. The van der Waals surface area contributed by atoms with Gasteiger partial charge in [0.15, 0.2) is 11.6 Å². The molecule has 2 aliphatic carbocycles. The highest BCUT2D eigenvalue weighted by Gasteiger charge is 2.29. The molecule has 2 atom stereocenters. The molecule has 184 valence electrons. The van der Waals surface area contributed by atoms with E-state index in [-0.39, 0.29) is 18.1 Å². The second-order valence-corrected chi connectivity index (χ2v) is 9.10. The Morgan fingerprint density at radius 2 is 2.00 bits per heavy atom. The van der Waals surface area contributed by atoms with Gasteiger partial charge in [0.1, 0.15) is 6.10 Å². The molecule has 0 aliphatic heterocycles. The zero-order chi connectivity index (χ0) is 24.4.